The first-order valence-corrected chi connectivity index (χ1v) is 12.9. The van der Waals surface area contributed by atoms with E-state index in [1.54, 1.807) is 47.7 Å². The Balaban J connectivity index is 0.000000351. The maximum atomic E-state index is 11.1. The molecule has 12 heteroatoms. The van der Waals surface area contributed by atoms with E-state index in [-0.39, 0.29) is 5.91 Å². The van der Waals surface area contributed by atoms with Gasteiger partial charge in [-0.25, -0.2) is 4.79 Å². The molecule has 0 unspecified atom stereocenters. The molecular weight excluding hydrogens is 587 g/mol. The van der Waals surface area contributed by atoms with Gasteiger partial charge in [-0.1, -0.05) is 41.9 Å². The standard InChI is InChI=1S/C17H22N2OS.C7H6BrNO.C2HF3O2/c1-12(2)7-8-19-10-16-9-15(11-21-16)13-3-5-14(6-4-13)17(18)20;8-6-3-1-5(2-4-6)7(9)10;3-2(4,5)1(6)7/h3-6,9,11-12,19H,7-8,10H2,1-2H3,(H2,18,20);1-4H,(H2,9,10);(H,6,7). The van der Waals surface area contributed by atoms with Crippen LogP contribution in [0.2, 0.25) is 0 Å². The van der Waals surface area contributed by atoms with Gasteiger partial charge in [-0.2, -0.15) is 13.2 Å². The van der Waals surface area contributed by atoms with Crippen molar-refractivity contribution in [1.29, 1.82) is 0 Å². The highest BCUT2D eigenvalue weighted by molar-refractivity contribution is 9.10. The molecule has 1 heterocycles. The molecule has 0 aliphatic heterocycles. The van der Waals surface area contributed by atoms with E-state index in [2.05, 4.69) is 46.5 Å². The van der Waals surface area contributed by atoms with Gasteiger partial charge in [0.05, 0.1) is 0 Å². The van der Waals surface area contributed by atoms with Gasteiger partial charge in [0.1, 0.15) is 0 Å². The number of nitrogens with two attached hydrogens (primary N) is 2. The summed E-state index contributed by atoms with van der Waals surface area (Å²) in [7, 11) is 0. The molecule has 0 bridgehead atoms. The number of benzene rings is 2. The largest absolute Gasteiger partial charge is 0.490 e. The summed E-state index contributed by atoms with van der Waals surface area (Å²) < 4.78 is 32.7. The fraction of sp³-hybridized carbons (Fsp3) is 0.269. The molecule has 0 saturated heterocycles. The Morgan fingerprint density at radius 1 is 0.947 bits per heavy atom. The first-order chi connectivity index (χ1) is 17.7. The number of carbonyl (C=O) groups is 3. The Morgan fingerprint density at radius 2 is 1.42 bits per heavy atom. The second-order valence-corrected chi connectivity index (χ2v) is 10.2. The number of rotatable bonds is 8. The van der Waals surface area contributed by atoms with Crippen LogP contribution in [0.5, 0.6) is 0 Å². The van der Waals surface area contributed by atoms with E-state index in [1.807, 2.05) is 12.1 Å². The van der Waals surface area contributed by atoms with Crippen molar-refractivity contribution in [3.63, 3.8) is 0 Å². The smallest absolute Gasteiger partial charge is 0.475 e. The van der Waals surface area contributed by atoms with Crippen LogP contribution in [0.3, 0.4) is 0 Å². The van der Waals surface area contributed by atoms with E-state index in [0.717, 1.165) is 29.0 Å². The second kappa shape index (κ2) is 15.9. The Morgan fingerprint density at radius 3 is 1.84 bits per heavy atom. The van der Waals surface area contributed by atoms with Gasteiger partial charge in [0, 0.05) is 27.0 Å². The third-order valence-electron chi connectivity index (χ3n) is 4.73. The van der Waals surface area contributed by atoms with Crippen molar-refractivity contribution in [3.8, 4) is 11.1 Å². The van der Waals surface area contributed by atoms with Crippen LogP contribution in [0.25, 0.3) is 11.1 Å². The number of alkyl halides is 3. The third-order valence-corrected chi connectivity index (χ3v) is 6.19. The maximum absolute atomic E-state index is 11.1. The van der Waals surface area contributed by atoms with Crippen LogP contribution in [-0.2, 0) is 11.3 Å². The average molecular weight is 617 g/mol. The van der Waals surface area contributed by atoms with Crippen molar-refractivity contribution < 1.29 is 32.7 Å². The lowest BCUT2D eigenvalue weighted by molar-refractivity contribution is -0.192. The summed E-state index contributed by atoms with van der Waals surface area (Å²) in [6.45, 7) is 6.44. The lowest BCUT2D eigenvalue weighted by Gasteiger charge is -2.05. The van der Waals surface area contributed by atoms with Gasteiger partial charge in [0.25, 0.3) is 0 Å². The van der Waals surface area contributed by atoms with Crippen molar-refractivity contribution in [3.05, 3.63) is 80.5 Å². The van der Waals surface area contributed by atoms with Crippen molar-refractivity contribution in [2.75, 3.05) is 6.54 Å². The van der Waals surface area contributed by atoms with Gasteiger partial charge >= 0.3 is 12.1 Å². The van der Waals surface area contributed by atoms with Crippen LogP contribution in [0.15, 0.2) is 64.5 Å². The predicted molar refractivity (Wildman–Crippen MR) is 146 cm³/mol. The van der Waals surface area contributed by atoms with Crippen LogP contribution in [-0.4, -0.2) is 35.6 Å². The first kappa shape index (κ1) is 32.8. The number of halogens is 4. The van der Waals surface area contributed by atoms with Gasteiger partial charge in [0.15, 0.2) is 0 Å². The highest BCUT2D eigenvalue weighted by atomic mass is 79.9. The lowest BCUT2D eigenvalue weighted by Crippen LogP contribution is -2.21. The SMILES string of the molecule is CC(C)CCNCc1cc(-c2ccc(C(N)=O)cc2)cs1.NC(=O)c1ccc(Br)cc1.O=C(O)C(F)(F)F. The molecular formula is C26H29BrF3N3O4S. The molecule has 0 atom stereocenters. The highest BCUT2D eigenvalue weighted by Crippen LogP contribution is 2.26. The summed E-state index contributed by atoms with van der Waals surface area (Å²) in [4.78, 5) is 31.8. The Kier molecular flexibility index (Phi) is 13.7. The Labute approximate surface area is 231 Å². The van der Waals surface area contributed by atoms with Gasteiger partial charge in [-0.15, -0.1) is 11.3 Å². The number of amides is 2. The quantitative estimate of drug-likeness (QED) is 0.236. The molecule has 2 aromatic carbocycles. The number of hydrogen-bond acceptors (Lipinski definition) is 5. The minimum atomic E-state index is -5.08. The lowest BCUT2D eigenvalue weighted by atomic mass is 10.1. The number of aliphatic carboxylic acids is 1. The Hall–Kier alpha value is -3.22. The second-order valence-electron chi connectivity index (χ2n) is 8.28. The van der Waals surface area contributed by atoms with Crippen LogP contribution in [0.1, 0.15) is 45.9 Å². The molecule has 0 spiro atoms. The number of carboxylic acid groups (broad SMARTS) is 1. The molecule has 0 aliphatic rings. The molecule has 206 valence electrons. The molecule has 38 heavy (non-hydrogen) atoms. The van der Waals surface area contributed by atoms with Gasteiger partial charge in [-0.05, 0) is 77.9 Å². The maximum Gasteiger partial charge on any atom is 0.490 e. The summed E-state index contributed by atoms with van der Waals surface area (Å²) in [6.07, 6.45) is -3.88. The topological polar surface area (TPSA) is 136 Å². The van der Waals surface area contributed by atoms with Gasteiger partial charge in [0.2, 0.25) is 11.8 Å². The van der Waals surface area contributed by atoms with Crippen molar-refractivity contribution in [2.45, 2.75) is 33.0 Å². The van der Waals surface area contributed by atoms with Gasteiger partial charge < -0.3 is 21.9 Å². The van der Waals surface area contributed by atoms with E-state index >= 15 is 0 Å². The monoisotopic (exact) mass is 615 g/mol. The molecule has 0 fully saturated rings. The average Bonchev–Trinajstić information content (AvgIpc) is 3.31. The highest BCUT2D eigenvalue weighted by Gasteiger charge is 2.38. The fourth-order valence-corrected chi connectivity index (χ4v) is 3.80. The van der Waals surface area contributed by atoms with Crippen molar-refractivity contribution >= 4 is 45.1 Å². The van der Waals surface area contributed by atoms with Crippen molar-refractivity contribution in [2.24, 2.45) is 17.4 Å². The van der Waals surface area contributed by atoms with Crippen molar-refractivity contribution in [1.82, 2.24) is 5.32 Å². The minimum Gasteiger partial charge on any atom is -0.475 e. The number of carbonyl (C=O) groups excluding carboxylic acids is 2. The van der Waals surface area contributed by atoms with E-state index in [0.29, 0.717) is 11.1 Å². The zero-order valence-electron chi connectivity index (χ0n) is 20.7. The first-order valence-electron chi connectivity index (χ1n) is 11.2. The van der Waals surface area contributed by atoms with Crippen LogP contribution in [0.4, 0.5) is 13.2 Å². The summed E-state index contributed by atoms with van der Waals surface area (Å²) in [5, 5.41) is 12.7. The van der Waals surface area contributed by atoms with Crippen LogP contribution in [0, 0.1) is 5.92 Å². The predicted octanol–water partition coefficient (Wildman–Crippen LogP) is 5.83. The van der Waals surface area contributed by atoms with Crippen LogP contribution >= 0.6 is 27.3 Å². The number of primary amides is 2. The fourth-order valence-electron chi connectivity index (χ4n) is 2.67. The normalized spacial score (nSPS) is 10.6. The third kappa shape index (κ3) is 12.8. The Bertz CT molecular complexity index is 1180. The van der Waals surface area contributed by atoms with E-state index < -0.39 is 18.1 Å². The number of hydrogen-bond donors (Lipinski definition) is 4. The van der Waals surface area contributed by atoms with E-state index in [1.165, 1.54) is 16.9 Å². The number of nitrogens with one attached hydrogen (secondary N) is 1. The molecule has 2 amide bonds. The summed E-state index contributed by atoms with van der Waals surface area (Å²) in [5.74, 6) is -2.80. The summed E-state index contributed by atoms with van der Waals surface area (Å²) >= 11 is 5.00. The minimum absolute atomic E-state index is 0.387. The summed E-state index contributed by atoms with van der Waals surface area (Å²) in [5.41, 5.74) is 13.6. The van der Waals surface area contributed by atoms with Gasteiger partial charge in [-0.3, -0.25) is 9.59 Å². The zero-order valence-corrected chi connectivity index (χ0v) is 23.1. The molecule has 6 N–H and O–H groups in total. The molecule has 0 radical (unpaired) electrons. The number of thiophene rings is 1. The number of carboxylic acids is 1. The molecule has 1 aromatic heterocycles. The molecule has 3 rings (SSSR count). The molecule has 3 aromatic rings. The molecule has 7 nitrogen and oxygen atoms in total. The van der Waals surface area contributed by atoms with E-state index in [9.17, 15) is 22.8 Å². The van der Waals surface area contributed by atoms with E-state index in [4.69, 9.17) is 21.4 Å². The molecule has 0 saturated carbocycles. The molecule has 0 aliphatic carbocycles. The summed E-state index contributed by atoms with van der Waals surface area (Å²) in [6, 6.07) is 16.5. The van der Waals surface area contributed by atoms with Crippen LogP contribution < -0.4 is 16.8 Å². The zero-order chi connectivity index (χ0) is 28.9.